The summed E-state index contributed by atoms with van der Waals surface area (Å²) >= 11 is 1.78. The van der Waals surface area contributed by atoms with Crippen LogP contribution in [0, 0.1) is 0 Å². The maximum absolute atomic E-state index is 5.33. The highest BCUT2D eigenvalue weighted by atomic mass is 32.2. The third-order valence-electron chi connectivity index (χ3n) is 4.02. The molecule has 1 atom stereocenters. The number of hydrogen-bond donors (Lipinski definition) is 0. The van der Waals surface area contributed by atoms with E-state index < -0.39 is 0 Å². The SMILES string of the molecule is CCc1nnc2n1N=C1c3ccc(OC)cc3CCC1S2. The summed E-state index contributed by atoms with van der Waals surface area (Å²) in [5.74, 6) is 1.83. The molecule has 1 aliphatic heterocycles. The lowest BCUT2D eigenvalue weighted by Gasteiger charge is -2.28. The van der Waals surface area contributed by atoms with Crippen molar-refractivity contribution in [2.24, 2.45) is 5.10 Å². The quantitative estimate of drug-likeness (QED) is 0.855. The summed E-state index contributed by atoms with van der Waals surface area (Å²) in [5, 5.41) is 14.6. The van der Waals surface area contributed by atoms with Crippen molar-refractivity contribution in [1.29, 1.82) is 0 Å². The number of rotatable bonds is 2. The van der Waals surface area contributed by atoms with Crippen LogP contribution in [0.4, 0.5) is 0 Å². The van der Waals surface area contributed by atoms with Crippen molar-refractivity contribution in [2.75, 3.05) is 7.11 Å². The lowest BCUT2D eigenvalue weighted by Crippen LogP contribution is -2.30. The lowest BCUT2D eigenvalue weighted by molar-refractivity contribution is 0.414. The van der Waals surface area contributed by atoms with Gasteiger partial charge in [0.2, 0.25) is 5.16 Å². The molecule has 2 heterocycles. The first-order chi connectivity index (χ1) is 10.3. The molecule has 1 aromatic heterocycles. The summed E-state index contributed by atoms with van der Waals surface area (Å²) in [7, 11) is 1.71. The van der Waals surface area contributed by atoms with Crippen LogP contribution in [0.2, 0.25) is 0 Å². The Kier molecular flexibility index (Phi) is 2.99. The van der Waals surface area contributed by atoms with Gasteiger partial charge >= 0.3 is 0 Å². The van der Waals surface area contributed by atoms with Gasteiger partial charge in [-0.1, -0.05) is 18.7 Å². The largest absolute Gasteiger partial charge is 0.497 e. The van der Waals surface area contributed by atoms with E-state index in [9.17, 15) is 0 Å². The minimum absolute atomic E-state index is 0.382. The maximum atomic E-state index is 5.33. The van der Waals surface area contributed by atoms with E-state index in [4.69, 9.17) is 9.84 Å². The third-order valence-corrected chi connectivity index (χ3v) is 5.23. The summed E-state index contributed by atoms with van der Waals surface area (Å²) in [6.07, 6.45) is 2.97. The molecule has 0 saturated carbocycles. The van der Waals surface area contributed by atoms with Gasteiger partial charge in [-0.15, -0.1) is 10.2 Å². The third kappa shape index (κ3) is 1.97. The molecule has 108 valence electrons. The van der Waals surface area contributed by atoms with Gasteiger partial charge in [-0.2, -0.15) is 9.78 Å². The zero-order valence-corrected chi connectivity index (χ0v) is 12.9. The first-order valence-electron chi connectivity index (χ1n) is 7.17. The van der Waals surface area contributed by atoms with Crippen LogP contribution in [0.3, 0.4) is 0 Å². The van der Waals surface area contributed by atoms with Crippen molar-refractivity contribution < 1.29 is 4.74 Å². The Bertz CT molecular complexity index is 737. The Morgan fingerprint density at radius 1 is 1.38 bits per heavy atom. The molecule has 1 aliphatic carbocycles. The summed E-state index contributed by atoms with van der Waals surface area (Å²) in [6.45, 7) is 2.08. The standard InChI is InChI=1S/C15H16N4OS/c1-3-13-16-17-15-19(13)18-14-11-6-5-10(20-2)8-9(11)4-7-12(14)21-15/h5-6,8,12H,3-4,7H2,1-2H3. The van der Waals surface area contributed by atoms with E-state index in [1.165, 1.54) is 11.1 Å². The van der Waals surface area contributed by atoms with Gasteiger partial charge in [-0.05, 0) is 36.6 Å². The van der Waals surface area contributed by atoms with Crippen LogP contribution in [0.5, 0.6) is 5.75 Å². The second-order valence-corrected chi connectivity index (χ2v) is 6.39. The second-order valence-electron chi connectivity index (χ2n) is 5.22. The molecule has 0 saturated heterocycles. The van der Waals surface area contributed by atoms with E-state index in [1.54, 1.807) is 18.9 Å². The predicted octanol–water partition coefficient (Wildman–Crippen LogP) is 2.52. The molecule has 0 fully saturated rings. The normalized spacial score (nSPS) is 19.3. The molecule has 0 radical (unpaired) electrons. The number of nitrogens with zero attached hydrogens (tertiary/aromatic N) is 4. The van der Waals surface area contributed by atoms with E-state index in [-0.39, 0.29) is 0 Å². The summed E-state index contributed by atoms with van der Waals surface area (Å²) in [4.78, 5) is 0. The number of methoxy groups -OCH3 is 1. The Balaban J connectivity index is 1.84. The number of fused-ring (bicyclic) bond motifs is 4. The first-order valence-corrected chi connectivity index (χ1v) is 8.05. The van der Waals surface area contributed by atoms with Gasteiger partial charge in [-0.3, -0.25) is 0 Å². The molecule has 0 amide bonds. The molecule has 0 N–H and O–H groups in total. The smallest absolute Gasteiger partial charge is 0.212 e. The molecule has 4 rings (SSSR count). The van der Waals surface area contributed by atoms with Crippen molar-refractivity contribution in [3.63, 3.8) is 0 Å². The molecule has 6 heteroatoms. The fourth-order valence-corrected chi connectivity index (χ4v) is 4.02. The minimum atomic E-state index is 0.382. The number of thioether (sulfide) groups is 1. The van der Waals surface area contributed by atoms with Crippen molar-refractivity contribution in [2.45, 2.75) is 36.6 Å². The van der Waals surface area contributed by atoms with Crippen molar-refractivity contribution in [1.82, 2.24) is 14.9 Å². The van der Waals surface area contributed by atoms with Crippen LogP contribution in [-0.2, 0) is 12.8 Å². The molecular weight excluding hydrogens is 284 g/mol. The van der Waals surface area contributed by atoms with Gasteiger partial charge in [-0.25, -0.2) is 0 Å². The van der Waals surface area contributed by atoms with Crippen LogP contribution in [0.1, 0.15) is 30.3 Å². The summed E-state index contributed by atoms with van der Waals surface area (Å²) < 4.78 is 7.23. The van der Waals surface area contributed by atoms with Crippen LogP contribution in [-0.4, -0.2) is 32.9 Å². The van der Waals surface area contributed by atoms with E-state index in [0.29, 0.717) is 5.25 Å². The molecule has 21 heavy (non-hydrogen) atoms. The zero-order chi connectivity index (χ0) is 14.4. The molecule has 1 unspecified atom stereocenters. The molecule has 0 spiro atoms. The number of aromatic nitrogens is 3. The fourth-order valence-electron chi connectivity index (χ4n) is 2.91. The molecular formula is C15H16N4OS. The Hall–Kier alpha value is -1.82. The number of benzene rings is 1. The van der Waals surface area contributed by atoms with Gasteiger partial charge in [0.1, 0.15) is 5.75 Å². The monoisotopic (exact) mass is 300 g/mol. The van der Waals surface area contributed by atoms with Crippen LogP contribution in [0.25, 0.3) is 0 Å². The second kappa shape index (κ2) is 4.87. The highest BCUT2D eigenvalue weighted by molar-refractivity contribution is 8.00. The minimum Gasteiger partial charge on any atom is -0.497 e. The highest BCUT2D eigenvalue weighted by Crippen LogP contribution is 2.37. The van der Waals surface area contributed by atoms with Crippen molar-refractivity contribution >= 4 is 17.5 Å². The lowest BCUT2D eigenvalue weighted by atomic mass is 9.89. The number of ether oxygens (including phenoxy) is 1. The van der Waals surface area contributed by atoms with Gasteiger partial charge in [0.25, 0.3) is 0 Å². The van der Waals surface area contributed by atoms with E-state index in [1.807, 2.05) is 10.7 Å². The molecule has 0 bridgehead atoms. The van der Waals surface area contributed by atoms with Crippen LogP contribution < -0.4 is 4.74 Å². The average molecular weight is 300 g/mol. The summed E-state index contributed by atoms with van der Waals surface area (Å²) in [6, 6.07) is 6.26. The predicted molar refractivity (Wildman–Crippen MR) is 82.3 cm³/mol. The van der Waals surface area contributed by atoms with E-state index in [0.717, 1.165) is 41.7 Å². The Morgan fingerprint density at radius 3 is 3.10 bits per heavy atom. The molecule has 2 aliphatic rings. The highest BCUT2D eigenvalue weighted by Gasteiger charge is 2.32. The molecule has 5 nitrogen and oxygen atoms in total. The fraction of sp³-hybridized carbons (Fsp3) is 0.400. The maximum Gasteiger partial charge on any atom is 0.212 e. The van der Waals surface area contributed by atoms with Gasteiger partial charge < -0.3 is 4.74 Å². The van der Waals surface area contributed by atoms with Gasteiger partial charge in [0, 0.05) is 12.0 Å². The van der Waals surface area contributed by atoms with Crippen LogP contribution in [0.15, 0.2) is 28.5 Å². The van der Waals surface area contributed by atoms with E-state index >= 15 is 0 Å². The van der Waals surface area contributed by atoms with Gasteiger partial charge in [0.15, 0.2) is 5.82 Å². The van der Waals surface area contributed by atoms with Crippen molar-refractivity contribution in [3.05, 3.63) is 35.2 Å². The Labute approximate surface area is 127 Å². The van der Waals surface area contributed by atoms with Gasteiger partial charge in [0.05, 0.1) is 18.1 Å². The number of hydrogen-bond acceptors (Lipinski definition) is 5. The summed E-state index contributed by atoms with van der Waals surface area (Å²) in [5.41, 5.74) is 3.70. The van der Waals surface area contributed by atoms with Crippen molar-refractivity contribution in [3.8, 4) is 5.75 Å². The van der Waals surface area contributed by atoms with Crippen LogP contribution >= 0.6 is 11.8 Å². The molecule has 1 aromatic carbocycles. The topological polar surface area (TPSA) is 52.3 Å². The first kappa shape index (κ1) is 12.9. The molecule has 2 aromatic rings. The number of aryl methyl sites for hydroxylation is 2. The van der Waals surface area contributed by atoms with E-state index in [2.05, 4.69) is 29.3 Å². The average Bonchev–Trinajstić information content (AvgIpc) is 2.94. The zero-order valence-electron chi connectivity index (χ0n) is 12.0. The Morgan fingerprint density at radius 2 is 2.29 bits per heavy atom.